The average Bonchev–Trinajstić information content (AvgIpc) is 2.55. The Bertz CT molecular complexity index is 384. The number of aliphatic carboxylic acids is 1. The molecule has 0 aromatic carbocycles. The lowest BCUT2D eigenvalue weighted by atomic mass is 9.86. The molecule has 2 heterocycles. The molecule has 1 aliphatic heterocycles. The van der Waals surface area contributed by atoms with Gasteiger partial charge in [-0.2, -0.15) is 0 Å². The number of hydrogen-bond acceptors (Lipinski definition) is 4. The molecular formula is C11H15NO3S. The fraction of sp³-hybridized carbons (Fsp3) is 0.545. The van der Waals surface area contributed by atoms with Gasteiger partial charge in [0.25, 0.3) is 0 Å². The number of rotatable bonds is 5. The van der Waals surface area contributed by atoms with Crippen LogP contribution in [0.25, 0.3) is 0 Å². The second-order valence-electron chi connectivity index (χ2n) is 4.21. The van der Waals surface area contributed by atoms with Gasteiger partial charge < -0.3 is 15.2 Å². The van der Waals surface area contributed by atoms with E-state index in [0.29, 0.717) is 19.8 Å². The molecule has 0 spiro atoms. The van der Waals surface area contributed by atoms with Gasteiger partial charge in [0, 0.05) is 18.0 Å². The van der Waals surface area contributed by atoms with Crippen molar-refractivity contribution >= 4 is 17.3 Å². The molecular weight excluding hydrogens is 226 g/mol. The van der Waals surface area contributed by atoms with E-state index in [1.54, 1.807) is 11.3 Å². The molecule has 1 aromatic heterocycles. The summed E-state index contributed by atoms with van der Waals surface area (Å²) < 4.78 is 4.99. The van der Waals surface area contributed by atoms with Crippen LogP contribution in [0.4, 0.5) is 0 Å². The molecule has 0 atom stereocenters. The fourth-order valence-electron chi connectivity index (χ4n) is 1.65. The van der Waals surface area contributed by atoms with Crippen molar-refractivity contribution in [3.8, 4) is 0 Å². The molecule has 0 bridgehead atoms. The lowest BCUT2D eigenvalue weighted by Crippen LogP contribution is -2.55. The van der Waals surface area contributed by atoms with Crippen LogP contribution in [-0.2, 0) is 16.1 Å². The van der Waals surface area contributed by atoms with Gasteiger partial charge in [-0.05, 0) is 23.9 Å². The molecule has 0 amide bonds. The lowest BCUT2D eigenvalue weighted by Gasteiger charge is -2.37. The molecule has 1 fully saturated rings. The highest BCUT2D eigenvalue weighted by atomic mass is 32.1. The van der Waals surface area contributed by atoms with Crippen LogP contribution in [0.3, 0.4) is 0 Å². The van der Waals surface area contributed by atoms with E-state index < -0.39 is 11.4 Å². The first-order valence-corrected chi connectivity index (χ1v) is 6.07. The van der Waals surface area contributed by atoms with Crippen molar-refractivity contribution in [2.45, 2.75) is 13.5 Å². The van der Waals surface area contributed by atoms with Crippen molar-refractivity contribution in [3.63, 3.8) is 0 Å². The molecule has 1 aliphatic rings. The van der Waals surface area contributed by atoms with E-state index in [-0.39, 0.29) is 0 Å². The number of thiophene rings is 1. The van der Waals surface area contributed by atoms with Crippen LogP contribution in [0.5, 0.6) is 0 Å². The topological polar surface area (TPSA) is 58.6 Å². The minimum absolute atomic E-state index is 0.318. The lowest BCUT2D eigenvalue weighted by molar-refractivity contribution is -0.178. The van der Waals surface area contributed by atoms with Crippen molar-refractivity contribution in [2.75, 3.05) is 19.8 Å². The summed E-state index contributed by atoms with van der Waals surface area (Å²) >= 11 is 1.69. The number of aryl methyl sites for hydroxylation is 1. The Kier molecular flexibility index (Phi) is 3.28. The average molecular weight is 241 g/mol. The van der Waals surface area contributed by atoms with Gasteiger partial charge in [-0.25, -0.2) is 0 Å². The number of carboxylic acids is 1. The van der Waals surface area contributed by atoms with Gasteiger partial charge in [0.15, 0.2) is 0 Å². The maximum atomic E-state index is 11.0. The maximum Gasteiger partial charge on any atom is 0.315 e. The van der Waals surface area contributed by atoms with Crippen molar-refractivity contribution in [2.24, 2.45) is 5.41 Å². The first kappa shape index (κ1) is 11.6. The Labute approximate surface area is 98.2 Å². The highest BCUT2D eigenvalue weighted by molar-refractivity contribution is 7.10. The minimum atomic E-state index is -0.769. The molecule has 1 aromatic rings. The zero-order chi connectivity index (χ0) is 11.6. The number of nitrogens with one attached hydrogen (secondary N) is 1. The quantitative estimate of drug-likeness (QED) is 0.814. The van der Waals surface area contributed by atoms with Crippen LogP contribution < -0.4 is 5.32 Å². The van der Waals surface area contributed by atoms with Crippen LogP contribution >= 0.6 is 11.3 Å². The maximum absolute atomic E-state index is 11.0. The number of ether oxygens (including phenoxy) is 1. The zero-order valence-corrected chi connectivity index (χ0v) is 9.97. The van der Waals surface area contributed by atoms with Crippen LogP contribution in [0, 0.1) is 12.3 Å². The number of carboxylic acid groups (broad SMARTS) is 1. The van der Waals surface area contributed by atoms with Gasteiger partial charge in [-0.15, -0.1) is 11.3 Å². The van der Waals surface area contributed by atoms with Crippen molar-refractivity contribution in [3.05, 3.63) is 21.9 Å². The molecule has 2 rings (SSSR count). The van der Waals surface area contributed by atoms with E-state index in [2.05, 4.69) is 18.3 Å². The Morgan fingerprint density at radius 2 is 2.44 bits per heavy atom. The van der Waals surface area contributed by atoms with Gasteiger partial charge in [0.1, 0.15) is 5.41 Å². The Hall–Kier alpha value is -0.910. The Balaban J connectivity index is 1.84. The van der Waals surface area contributed by atoms with E-state index in [4.69, 9.17) is 9.84 Å². The second kappa shape index (κ2) is 4.53. The van der Waals surface area contributed by atoms with Crippen LogP contribution in [-0.4, -0.2) is 30.8 Å². The Morgan fingerprint density at radius 1 is 1.69 bits per heavy atom. The summed E-state index contributed by atoms with van der Waals surface area (Å²) in [5.41, 5.74) is 0.553. The van der Waals surface area contributed by atoms with E-state index in [9.17, 15) is 4.79 Å². The number of hydrogen-bond donors (Lipinski definition) is 2. The smallest absolute Gasteiger partial charge is 0.315 e. The van der Waals surface area contributed by atoms with Gasteiger partial charge in [-0.3, -0.25) is 4.79 Å². The minimum Gasteiger partial charge on any atom is -0.481 e. The first-order chi connectivity index (χ1) is 7.64. The van der Waals surface area contributed by atoms with E-state index in [0.717, 1.165) is 6.54 Å². The summed E-state index contributed by atoms with van der Waals surface area (Å²) in [6.45, 7) is 3.91. The monoisotopic (exact) mass is 241 g/mol. The largest absolute Gasteiger partial charge is 0.481 e. The van der Waals surface area contributed by atoms with Crippen molar-refractivity contribution in [1.29, 1.82) is 0 Å². The third-order valence-corrected chi connectivity index (χ3v) is 3.95. The van der Waals surface area contributed by atoms with Crippen LogP contribution in [0.1, 0.15) is 10.4 Å². The first-order valence-electron chi connectivity index (χ1n) is 5.19. The summed E-state index contributed by atoms with van der Waals surface area (Å²) in [5, 5.41) is 14.3. The fourth-order valence-corrected chi connectivity index (χ4v) is 2.53. The molecule has 1 saturated heterocycles. The van der Waals surface area contributed by atoms with E-state index in [1.165, 1.54) is 10.4 Å². The molecule has 0 unspecified atom stereocenters. The highest BCUT2D eigenvalue weighted by Gasteiger charge is 2.45. The summed E-state index contributed by atoms with van der Waals surface area (Å²) in [4.78, 5) is 12.3. The van der Waals surface area contributed by atoms with Gasteiger partial charge in [0.2, 0.25) is 0 Å². The standard InChI is InChI=1S/C11H15NO3S/c1-8-2-3-16-9(8)4-12-5-11(10(13)14)6-15-7-11/h2-3,12H,4-7H2,1H3,(H,13,14). The summed E-state index contributed by atoms with van der Waals surface area (Å²) in [7, 11) is 0. The second-order valence-corrected chi connectivity index (χ2v) is 5.21. The third-order valence-electron chi connectivity index (χ3n) is 2.93. The third kappa shape index (κ3) is 2.11. The van der Waals surface area contributed by atoms with E-state index in [1.807, 2.05) is 5.38 Å². The molecule has 4 nitrogen and oxygen atoms in total. The predicted octanol–water partition coefficient (Wildman–Crippen LogP) is 1.25. The van der Waals surface area contributed by atoms with E-state index >= 15 is 0 Å². The predicted molar refractivity (Wildman–Crippen MR) is 61.7 cm³/mol. The van der Waals surface area contributed by atoms with Crippen molar-refractivity contribution in [1.82, 2.24) is 5.32 Å². The molecule has 0 radical (unpaired) electrons. The Morgan fingerprint density at radius 3 is 2.88 bits per heavy atom. The highest BCUT2D eigenvalue weighted by Crippen LogP contribution is 2.27. The van der Waals surface area contributed by atoms with Gasteiger partial charge in [0.05, 0.1) is 13.2 Å². The normalized spacial score (nSPS) is 18.1. The molecule has 16 heavy (non-hydrogen) atoms. The van der Waals surface area contributed by atoms with Crippen LogP contribution in [0.15, 0.2) is 11.4 Å². The molecule has 5 heteroatoms. The zero-order valence-electron chi connectivity index (χ0n) is 9.16. The van der Waals surface area contributed by atoms with Crippen LogP contribution in [0.2, 0.25) is 0 Å². The number of carbonyl (C=O) groups is 1. The molecule has 88 valence electrons. The van der Waals surface area contributed by atoms with Gasteiger partial charge in [-0.1, -0.05) is 0 Å². The molecule has 0 saturated carbocycles. The summed E-state index contributed by atoms with van der Waals surface area (Å²) in [6.07, 6.45) is 0. The molecule has 2 N–H and O–H groups in total. The molecule has 0 aliphatic carbocycles. The van der Waals surface area contributed by atoms with Crippen molar-refractivity contribution < 1.29 is 14.6 Å². The summed E-state index contributed by atoms with van der Waals surface area (Å²) in [6, 6.07) is 2.07. The van der Waals surface area contributed by atoms with Gasteiger partial charge >= 0.3 is 5.97 Å². The SMILES string of the molecule is Cc1ccsc1CNCC1(C(=O)O)COC1. The summed E-state index contributed by atoms with van der Waals surface area (Å²) in [5.74, 6) is -0.769.